The maximum atomic E-state index is 12.0. The highest BCUT2D eigenvalue weighted by molar-refractivity contribution is 5.79. The predicted molar refractivity (Wildman–Crippen MR) is 586 cm³/mol. The van der Waals surface area contributed by atoms with E-state index in [2.05, 4.69) is 78.2 Å². The first-order valence-electron chi connectivity index (χ1n) is 53.9. The van der Waals surface area contributed by atoms with E-state index in [9.17, 15) is 57.5 Å². The third kappa shape index (κ3) is 78.8. The van der Waals surface area contributed by atoms with Crippen LogP contribution in [-0.2, 0) is 96.1 Å². The van der Waals surface area contributed by atoms with Crippen LogP contribution in [0.15, 0.2) is 109 Å². The number of rotatable bonds is 82. The summed E-state index contributed by atoms with van der Waals surface area (Å²) < 4.78 is 67.8. The van der Waals surface area contributed by atoms with Crippen LogP contribution in [-0.4, -0.2) is 163 Å². The van der Waals surface area contributed by atoms with Gasteiger partial charge < -0.3 is 125 Å². The number of carbonyl (C=O) groups excluding carboxylic acids is 12. The molecule has 0 aliphatic carbocycles. The first-order valence-corrected chi connectivity index (χ1v) is 53.9. The lowest BCUT2D eigenvalue weighted by Gasteiger charge is -2.13. The van der Waals surface area contributed by atoms with Gasteiger partial charge in [-0.3, -0.25) is 57.5 Å². The molecule has 0 aromatic heterocycles. The second kappa shape index (κ2) is 88.5. The second-order valence-corrected chi connectivity index (χ2v) is 36.5. The van der Waals surface area contributed by atoms with E-state index >= 15 is 0 Å². The highest BCUT2D eigenvalue weighted by Gasteiger charge is 2.16. The van der Waals surface area contributed by atoms with Crippen LogP contribution in [0.25, 0.3) is 0 Å². The molecule has 6 aromatic carbocycles. The molecular formula is C114H180N12O24. The van der Waals surface area contributed by atoms with Gasteiger partial charge in [-0.25, -0.2) is 0 Å². The van der Waals surface area contributed by atoms with Crippen LogP contribution in [0.3, 0.4) is 0 Å². The van der Waals surface area contributed by atoms with E-state index in [1.54, 1.807) is 18.2 Å². The largest absolute Gasteiger partial charge is 0.493 e. The Balaban J connectivity index is 0.000000904. The van der Waals surface area contributed by atoms with Crippen molar-refractivity contribution < 1.29 is 114 Å². The van der Waals surface area contributed by atoms with Gasteiger partial charge in [-0.1, -0.05) is 120 Å². The van der Waals surface area contributed by atoms with E-state index in [1.807, 2.05) is 78.9 Å². The fourth-order valence-corrected chi connectivity index (χ4v) is 14.0. The average molecular weight is 2100 g/mol. The summed E-state index contributed by atoms with van der Waals surface area (Å²) >= 11 is 0. The van der Waals surface area contributed by atoms with E-state index in [1.165, 1.54) is 11.1 Å². The smallest absolute Gasteiger partial charge is 0.257 e. The molecule has 12 amide bonds. The maximum absolute atomic E-state index is 12.0. The van der Waals surface area contributed by atoms with E-state index in [-0.39, 0.29) is 99.7 Å². The first-order chi connectivity index (χ1) is 72.1. The van der Waals surface area contributed by atoms with Gasteiger partial charge in [-0.2, -0.15) is 0 Å². The molecule has 0 spiro atoms. The normalized spacial score (nSPS) is 10.4. The molecule has 150 heavy (non-hydrogen) atoms. The third-order valence-corrected chi connectivity index (χ3v) is 22.0. The first kappa shape index (κ1) is 135. The molecule has 0 radical (unpaired) electrons. The molecule has 0 bridgehead atoms. The monoisotopic (exact) mass is 2100 g/mol. The van der Waals surface area contributed by atoms with Gasteiger partial charge in [0, 0.05) is 88.0 Å². The van der Waals surface area contributed by atoms with Crippen LogP contribution in [0.5, 0.6) is 69.0 Å². The van der Waals surface area contributed by atoms with Crippen LogP contribution in [0.2, 0.25) is 0 Å². The Kier molecular flexibility index (Phi) is 79.4. The minimum atomic E-state index is -0.552. The molecule has 6 aromatic rings. The Morgan fingerprint density at radius 2 is 0.347 bits per heavy atom. The molecule has 0 unspecified atom stereocenters. The Morgan fingerprint density at radius 3 is 0.547 bits per heavy atom. The quantitative estimate of drug-likeness (QED) is 0.0158. The highest BCUT2D eigenvalue weighted by atomic mass is 16.5. The van der Waals surface area contributed by atoms with Gasteiger partial charge >= 0.3 is 0 Å². The third-order valence-electron chi connectivity index (χ3n) is 22.0. The van der Waals surface area contributed by atoms with E-state index < -0.39 is 23.6 Å². The molecule has 36 nitrogen and oxygen atoms in total. The van der Waals surface area contributed by atoms with Gasteiger partial charge in [0.15, 0.2) is 26.4 Å². The number of hydrogen-bond acceptors (Lipinski definition) is 24. The number of unbranched alkanes of at least 4 members (excludes halogenated alkanes) is 16. The zero-order chi connectivity index (χ0) is 111. The summed E-state index contributed by atoms with van der Waals surface area (Å²) in [5.74, 6) is 4.19. The zero-order valence-electron chi connectivity index (χ0n) is 91.0. The number of carbonyl (C=O) groups is 12. The molecular weight excluding hydrogens is 1920 g/mol. The molecule has 0 aliphatic rings. The Hall–Kier alpha value is -13.4. The Bertz CT molecular complexity index is 4540. The van der Waals surface area contributed by atoms with Gasteiger partial charge in [0.1, 0.15) is 69.0 Å². The molecule has 0 heterocycles. The molecule has 22 N–H and O–H groups in total. The lowest BCUT2D eigenvalue weighted by atomic mass is 10.1. The number of benzene rings is 6. The van der Waals surface area contributed by atoms with E-state index in [0.29, 0.717) is 139 Å². The minimum absolute atomic E-state index is 0.0271. The van der Waals surface area contributed by atoms with Crippen molar-refractivity contribution in [3.63, 3.8) is 0 Å². The van der Waals surface area contributed by atoms with E-state index in [0.717, 1.165) is 275 Å². The summed E-state index contributed by atoms with van der Waals surface area (Å²) in [6.07, 6.45) is 37.1. The van der Waals surface area contributed by atoms with Crippen molar-refractivity contribution in [1.82, 2.24) is 10.6 Å². The molecule has 0 saturated heterocycles. The van der Waals surface area contributed by atoms with Crippen molar-refractivity contribution in [1.29, 1.82) is 0 Å². The molecule has 6 rings (SSSR count). The summed E-state index contributed by atoms with van der Waals surface area (Å²) in [5.41, 5.74) is 57.8. The van der Waals surface area contributed by atoms with Crippen molar-refractivity contribution in [2.45, 2.75) is 338 Å². The molecule has 840 valence electrons. The lowest BCUT2D eigenvalue weighted by Crippen LogP contribution is -2.30. The predicted octanol–water partition coefficient (Wildman–Crippen LogP) is 16.0. The number of hydrogen-bond donors (Lipinski definition) is 12. The zero-order valence-corrected chi connectivity index (χ0v) is 91.0. The molecule has 0 atom stereocenters. The summed E-state index contributed by atoms with van der Waals surface area (Å²) in [6.45, 7) is 21.6. The number of primary amides is 10. The molecule has 0 aliphatic heterocycles. The van der Waals surface area contributed by atoms with Crippen molar-refractivity contribution in [2.75, 3.05) is 92.4 Å². The summed E-state index contributed by atoms with van der Waals surface area (Å²) in [7, 11) is 0. The van der Waals surface area contributed by atoms with Gasteiger partial charge in [-0.15, -0.1) is 0 Å². The van der Waals surface area contributed by atoms with Gasteiger partial charge in [0.2, 0.25) is 47.3 Å². The van der Waals surface area contributed by atoms with Gasteiger partial charge in [0.25, 0.3) is 23.6 Å². The summed E-state index contributed by atoms with van der Waals surface area (Å²) in [5, 5.41) is 5.74. The summed E-state index contributed by atoms with van der Waals surface area (Å²) in [6, 6.07) is 34.4. The topological polar surface area (TPSA) is 600 Å². The van der Waals surface area contributed by atoms with Crippen molar-refractivity contribution in [2.24, 2.45) is 57.3 Å². The summed E-state index contributed by atoms with van der Waals surface area (Å²) in [4.78, 5) is 131. The lowest BCUT2D eigenvalue weighted by molar-refractivity contribution is -0.123. The maximum Gasteiger partial charge on any atom is 0.257 e. The van der Waals surface area contributed by atoms with Crippen LogP contribution in [0, 0.1) is 0 Å². The number of nitrogens with one attached hydrogen (secondary N) is 2. The average Bonchev–Trinajstić information content (AvgIpc) is 0.919. The van der Waals surface area contributed by atoms with Gasteiger partial charge in [0.05, 0.1) is 65.7 Å². The standard InChI is InChI=1S/C24H40N2O4.C22H36N2O4.C20H32N2O4.C18H28N2O4.C16H24N2O4.C14H20N2O4/c1-4-7-10-13-25-23(27)18-29-21-15-20(12-9-6-3)16-22(17-21)30-19-24(28)26-14-11-8-5-2;1-2-3-10-18-15-19(27-13-8-4-6-11-21(23)25)17-20(16-18)28-14-9-5-7-12-22(24)26;1-2-3-8-16-13-17(25-11-6-4-9-19(21)23)15-18(14-16)26-12-7-5-10-20(22)24;1-2-3-6-14-11-15(23-9-4-7-17(19)21)13-16(12-14)24-10-5-8-18(20)22;1-2-3-4-12-9-13(21-7-5-15(17)19)11-14(10-12)22-8-6-16(18)20;1-2-3-4-10-5-11(19-8-13(15)17)7-12(6-10)20-9-14(16)18/h15-17H,4-14,18-19H2,1-3H3,(H,25,27)(H,26,28);15-17H,2-14H2,1H3,(H2,23,25)(H2,24,26);13-15H,2-12H2,1H3,(H2,21,23)(H2,22,24);11-13H,2-10H2,1H3,(H2,19,21)(H2,20,22);9-11H,2-8H2,1H3,(H2,17,19)(H2,18,20);5-7H,2-4,8-9H2,1H3,(H2,15,17)(H2,16,18). The molecule has 0 fully saturated rings. The Labute approximate surface area is 890 Å². The number of aryl methyl sites for hydroxylation is 6. The Morgan fingerprint density at radius 1 is 0.173 bits per heavy atom. The number of amides is 12. The van der Waals surface area contributed by atoms with E-state index in [4.69, 9.17) is 114 Å². The minimum Gasteiger partial charge on any atom is -0.493 e. The van der Waals surface area contributed by atoms with Crippen LogP contribution >= 0.6 is 0 Å². The fourth-order valence-electron chi connectivity index (χ4n) is 14.0. The number of nitrogens with two attached hydrogens (primary N) is 10. The van der Waals surface area contributed by atoms with Crippen molar-refractivity contribution in [3.05, 3.63) is 143 Å². The molecule has 36 heteroatoms. The van der Waals surface area contributed by atoms with Crippen LogP contribution in [0.1, 0.15) is 333 Å². The van der Waals surface area contributed by atoms with Crippen LogP contribution < -0.4 is 125 Å². The van der Waals surface area contributed by atoms with Crippen LogP contribution in [0.4, 0.5) is 0 Å². The SMILES string of the molecule is CCCCCNC(=O)COc1cc(CCCC)cc(OCC(=O)NCCCCC)c1.CCCCc1cc(OCC(N)=O)cc(OCC(N)=O)c1.CCCCc1cc(OCCC(N)=O)cc(OCCC(N)=O)c1.CCCCc1cc(OCCCC(N)=O)cc(OCCCC(N)=O)c1.CCCCc1cc(OCCCCC(N)=O)cc(OCCCCC(N)=O)c1.CCCCc1cc(OCCCCCC(N)=O)cc(OCCCCCC(N)=O)c1. The highest BCUT2D eigenvalue weighted by Crippen LogP contribution is 2.32. The fraction of sp³-hybridized carbons (Fsp3) is 0.579. The second-order valence-electron chi connectivity index (χ2n) is 36.5. The van der Waals surface area contributed by atoms with Gasteiger partial charge in [-0.05, 0) is 273 Å². The molecule has 0 saturated carbocycles. The van der Waals surface area contributed by atoms with Crippen molar-refractivity contribution >= 4 is 70.9 Å². The number of ether oxygens (including phenoxy) is 12. The van der Waals surface area contributed by atoms with Crippen molar-refractivity contribution in [3.8, 4) is 69.0 Å².